The number of sulfonamides is 1. The van der Waals surface area contributed by atoms with Crippen molar-refractivity contribution in [1.82, 2.24) is 0 Å². The molecule has 6 nitrogen and oxygen atoms in total. The van der Waals surface area contributed by atoms with Crippen molar-refractivity contribution in [2.75, 3.05) is 11.8 Å². The molecule has 134 valence electrons. The van der Waals surface area contributed by atoms with E-state index in [1.165, 1.54) is 30.3 Å². The van der Waals surface area contributed by atoms with Gasteiger partial charge < -0.3 is 9.47 Å². The van der Waals surface area contributed by atoms with Gasteiger partial charge in [-0.15, -0.1) is 13.2 Å². The van der Waals surface area contributed by atoms with Crippen LogP contribution in [0.3, 0.4) is 0 Å². The molecule has 0 amide bonds. The van der Waals surface area contributed by atoms with E-state index in [2.05, 4.69) is 14.2 Å². The third kappa shape index (κ3) is 5.11. The van der Waals surface area contributed by atoms with Gasteiger partial charge in [-0.05, 0) is 30.3 Å². The first-order chi connectivity index (χ1) is 11.6. The number of nitrogens with one attached hydrogen (secondary N) is 1. The Balaban J connectivity index is 2.27. The summed E-state index contributed by atoms with van der Waals surface area (Å²) in [6.07, 6.45) is -4.90. The molecule has 2 rings (SSSR count). The molecule has 0 saturated carbocycles. The van der Waals surface area contributed by atoms with E-state index in [1.807, 2.05) is 0 Å². The van der Waals surface area contributed by atoms with E-state index < -0.39 is 28.1 Å². The number of carbonyl (C=O) groups is 1. The topological polar surface area (TPSA) is 81.7 Å². The smallest absolute Gasteiger partial charge is 0.465 e. The molecule has 0 spiro atoms. The fourth-order valence-corrected chi connectivity index (χ4v) is 2.97. The van der Waals surface area contributed by atoms with Crippen LogP contribution in [0.25, 0.3) is 0 Å². The average molecular weight is 375 g/mol. The summed E-state index contributed by atoms with van der Waals surface area (Å²) in [5.74, 6) is -1.30. The van der Waals surface area contributed by atoms with Crippen molar-refractivity contribution in [3.05, 3.63) is 54.1 Å². The summed E-state index contributed by atoms with van der Waals surface area (Å²) in [4.78, 5) is 11.2. The van der Waals surface area contributed by atoms with Crippen LogP contribution < -0.4 is 9.46 Å². The molecule has 2 aromatic rings. The summed E-state index contributed by atoms with van der Waals surface area (Å²) in [5, 5.41) is 0. The highest BCUT2D eigenvalue weighted by atomic mass is 32.2. The summed E-state index contributed by atoms with van der Waals surface area (Å²) in [7, 11) is -2.99. The van der Waals surface area contributed by atoms with Crippen LogP contribution in [0.15, 0.2) is 53.4 Å². The van der Waals surface area contributed by atoms with Crippen LogP contribution in [-0.2, 0) is 14.8 Å². The Hall–Kier alpha value is -2.75. The molecule has 1 N–H and O–H groups in total. The highest BCUT2D eigenvalue weighted by Gasteiger charge is 2.31. The Morgan fingerprint density at radius 3 is 2.40 bits per heavy atom. The van der Waals surface area contributed by atoms with Gasteiger partial charge in [-0.25, -0.2) is 13.2 Å². The highest BCUT2D eigenvalue weighted by molar-refractivity contribution is 7.92. The fourth-order valence-electron chi connectivity index (χ4n) is 1.88. The molecule has 2 aromatic carbocycles. The predicted molar refractivity (Wildman–Crippen MR) is 81.7 cm³/mol. The molecule has 0 bridgehead atoms. The number of halogens is 3. The quantitative estimate of drug-likeness (QED) is 0.812. The SMILES string of the molecule is COC(=O)c1cccc(S(=O)(=O)Nc2cccc(OC(F)(F)F)c2)c1. The summed E-state index contributed by atoms with van der Waals surface area (Å²) in [5.41, 5.74) is -0.121. The molecule has 25 heavy (non-hydrogen) atoms. The lowest BCUT2D eigenvalue weighted by Crippen LogP contribution is -2.17. The van der Waals surface area contributed by atoms with Crippen molar-refractivity contribution in [2.45, 2.75) is 11.3 Å². The van der Waals surface area contributed by atoms with Crippen molar-refractivity contribution in [2.24, 2.45) is 0 Å². The summed E-state index contributed by atoms with van der Waals surface area (Å²) >= 11 is 0. The van der Waals surface area contributed by atoms with Crippen LogP contribution in [0.4, 0.5) is 18.9 Å². The lowest BCUT2D eigenvalue weighted by Gasteiger charge is -2.12. The molecular formula is C15H12F3NO5S. The number of alkyl halides is 3. The molecule has 0 atom stereocenters. The molecule has 0 unspecified atom stereocenters. The third-order valence-corrected chi connectivity index (χ3v) is 4.26. The van der Waals surface area contributed by atoms with Crippen LogP contribution in [0.5, 0.6) is 5.75 Å². The molecule has 0 aromatic heterocycles. The average Bonchev–Trinajstić information content (AvgIpc) is 2.52. The minimum absolute atomic E-state index is 0.0135. The number of ether oxygens (including phenoxy) is 2. The third-order valence-electron chi connectivity index (χ3n) is 2.89. The van der Waals surface area contributed by atoms with Crippen LogP contribution in [0.1, 0.15) is 10.4 Å². The van der Waals surface area contributed by atoms with Gasteiger partial charge in [0.2, 0.25) is 0 Å². The molecule has 0 saturated heterocycles. The minimum Gasteiger partial charge on any atom is -0.465 e. The molecule has 0 aliphatic rings. The van der Waals surface area contributed by atoms with Gasteiger partial charge in [0.05, 0.1) is 23.3 Å². The first kappa shape index (κ1) is 18.6. The van der Waals surface area contributed by atoms with Crippen molar-refractivity contribution >= 4 is 21.7 Å². The first-order valence-corrected chi connectivity index (χ1v) is 8.16. The van der Waals surface area contributed by atoms with Crippen LogP contribution in [-0.4, -0.2) is 27.9 Å². The number of rotatable bonds is 5. The van der Waals surface area contributed by atoms with E-state index in [1.54, 1.807) is 0 Å². The van der Waals surface area contributed by atoms with Crippen molar-refractivity contribution < 1.29 is 35.9 Å². The molecule has 0 fully saturated rings. The standard InChI is InChI=1S/C15H12F3NO5S/c1-23-14(20)10-4-2-7-13(8-10)25(21,22)19-11-5-3-6-12(9-11)24-15(16,17)18/h2-9,19H,1H3. The monoisotopic (exact) mass is 375 g/mol. The maximum absolute atomic E-state index is 12.3. The second-order valence-electron chi connectivity index (χ2n) is 4.70. The Labute approximate surface area is 141 Å². The molecule has 0 aliphatic carbocycles. The van der Waals surface area contributed by atoms with E-state index in [4.69, 9.17) is 0 Å². The lowest BCUT2D eigenvalue weighted by atomic mass is 10.2. The summed E-state index contributed by atoms with van der Waals surface area (Å²) in [6, 6.07) is 9.38. The van der Waals surface area contributed by atoms with E-state index in [0.29, 0.717) is 0 Å². The molecule has 0 radical (unpaired) electrons. The van der Waals surface area contributed by atoms with Crippen LogP contribution in [0.2, 0.25) is 0 Å². The van der Waals surface area contributed by atoms with E-state index in [-0.39, 0.29) is 16.1 Å². The largest absolute Gasteiger partial charge is 0.573 e. The molecular weight excluding hydrogens is 363 g/mol. The number of benzene rings is 2. The van der Waals surface area contributed by atoms with Crippen molar-refractivity contribution in [1.29, 1.82) is 0 Å². The van der Waals surface area contributed by atoms with Crippen molar-refractivity contribution in [3.63, 3.8) is 0 Å². The number of hydrogen-bond acceptors (Lipinski definition) is 5. The van der Waals surface area contributed by atoms with Gasteiger partial charge in [0.25, 0.3) is 10.0 Å². The fraction of sp³-hybridized carbons (Fsp3) is 0.133. The zero-order valence-electron chi connectivity index (χ0n) is 12.7. The highest BCUT2D eigenvalue weighted by Crippen LogP contribution is 2.26. The maximum atomic E-state index is 12.3. The number of methoxy groups -OCH3 is 1. The number of anilines is 1. The normalized spacial score (nSPS) is 11.7. The van der Waals surface area contributed by atoms with Crippen LogP contribution >= 0.6 is 0 Å². The lowest BCUT2D eigenvalue weighted by molar-refractivity contribution is -0.274. The molecule has 0 heterocycles. The van der Waals surface area contributed by atoms with E-state index in [0.717, 1.165) is 25.3 Å². The Kier molecular flexibility index (Phi) is 5.21. The van der Waals surface area contributed by atoms with Gasteiger partial charge in [0.15, 0.2) is 0 Å². The van der Waals surface area contributed by atoms with Crippen molar-refractivity contribution in [3.8, 4) is 5.75 Å². The Bertz CT molecular complexity index is 881. The predicted octanol–water partition coefficient (Wildman–Crippen LogP) is 3.17. The van der Waals surface area contributed by atoms with Gasteiger partial charge in [0.1, 0.15) is 5.75 Å². The Morgan fingerprint density at radius 1 is 1.08 bits per heavy atom. The van der Waals surface area contributed by atoms with Gasteiger partial charge >= 0.3 is 12.3 Å². The summed E-state index contributed by atoms with van der Waals surface area (Å²) in [6.45, 7) is 0. The molecule has 10 heteroatoms. The summed E-state index contributed by atoms with van der Waals surface area (Å²) < 4.78 is 71.7. The van der Waals surface area contributed by atoms with Gasteiger partial charge in [0, 0.05) is 6.07 Å². The Morgan fingerprint density at radius 2 is 1.76 bits per heavy atom. The van der Waals surface area contributed by atoms with Gasteiger partial charge in [-0.2, -0.15) is 0 Å². The van der Waals surface area contributed by atoms with E-state index in [9.17, 15) is 26.4 Å². The first-order valence-electron chi connectivity index (χ1n) is 6.68. The second-order valence-corrected chi connectivity index (χ2v) is 6.38. The number of esters is 1. The maximum Gasteiger partial charge on any atom is 0.573 e. The van der Waals surface area contributed by atoms with Gasteiger partial charge in [-0.3, -0.25) is 4.72 Å². The van der Waals surface area contributed by atoms with Crippen LogP contribution in [0, 0.1) is 0 Å². The number of hydrogen-bond donors (Lipinski definition) is 1. The zero-order valence-corrected chi connectivity index (χ0v) is 13.5. The van der Waals surface area contributed by atoms with E-state index >= 15 is 0 Å². The molecule has 0 aliphatic heterocycles. The van der Waals surface area contributed by atoms with Gasteiger partial charge in [-0.1, -0.05) is 12.1 Å². The minimum atomic E-state index is -4.90. The second kappa shape index (κ2) is 7.01. The zero-order chi connectivity index (χ0) is 18.7. The number of carbonyl (C=O) groups excluding carboxylic acids is 1.